The Morgan fingerprint density at radius 1 is 1.47 bits per heavy atom. The van der Waals surface area contributed by atoms with Gasteiger partial charge in [0, 0.05) is 15.5 Å². The summed E-state index contributed by atoms with van der Waals surface area (Å²) in [5.41, 5.74) is 1.34. The van der Waals surface area contributed by atoms with Gasteiger partial charge in [0.1, 0.15) is 0 Å². The number of hydrogen-bond donors (Lipinski definition) is 2. The van der Waals surface area contributed by atoms with Crippen LogP contribution in [0.2, 0.25) is 0 Å². The number of ether oxygens (including phenoxy) is 1. The van der Waals surface area contributed by atoms with E-state index in [1.165, 1.54) is 4.88 Å². The average Bonchev–Trinajstić information content (AvgIpc) is 2.75. The summed E-state index contributed by atoms with van der Waals surface area (Å²) in [5.74, 6) is -0.307. The van der Waals surface area contributed by atoms with Gasteiger partial charge in [-0.3, -0.25) is 0 Å². The van der Waals surface area contributed by atoms with E-state index in [1.807, 2.05) is 26.0 Å². The van der Waals surface area contributed by atoms with Crippen LogP contribution >= 0.6 is 23.6 Å². The molecule has 0 amide bonds. The van der Waals surface area contributed by atoms with E-state index in [0.717, 1.165) is 10.6 Å². The third-order valence-corrected chi connectivity index (χ3v) is 4.10. The lowest BCUT2D eigenvalue weighted by Crippen LogP contribution is -2.44. The Balaban J connectivity index is 2.40. The Morgan fingerprint density at radius 2 is 2.21 bits per heavy atom. The van der Waals surface area contributed by atoms with Gasteiger partial charge < -0.3 is 15.4 Å². The molecule has 2 heterocycles. The monoisotopic (exact) mass is 296 g/mol. The molecule has 1 aromatic rings. The first-order valence-electron chi connectivity index (χ1n) is 6.04. The maximum absolute atomic E-state index is 12.1. The maximum atomic E-state index is 12.1. The van der Waals surface area contributed by atoms with E-state index in [1.54, 1.807) is 18.3 Å². The van der Waals surface area contributed by atoms with Gasteiger partial charge in [0.05, 0.1) is 18.2 Å². The number of esters is 1. The lowest BCUT2D eigenvalue weighted by molar-refractivity contribution is -0.139. The topological polar surface area (TPSA) is 50.4 Å². The van der Waals surface area contributed by atoms with Crippen molar-refractivity contribution in [2.45, 2.75) is 26.8 Å². The highest BCUT2D eigenvalue weighted by Crippen LogP contribution is 2.31. The van der Waals surface area contributed by atoms with Crippen molar-refractivity contribution in [2.24, 2.45) is 0 Å². The molecule has 0 saturated heterocycles. The summed E-state index contributed by atoms with van der Waals surface area (Å²) in [5, 5.41) is 6.65. The number of nitrogens with one attached hydrogen (secondary N) is 2. The van der Waals surface area contributed by atoms with Gasteiger partial charge in [-0.1, -0.05) is 0 Å². The maximum Gasteiger partial charge on any atom is 0.338 e. The van der Waals surface area contributed by atoms with Crippen LogP contribution in [0.25, 0.3) is 0 Å². The quantitative estimate of drug-likeness (QED) is 0.663. The zero-order valence-corrected chi connectivity index (χ0v) is 12.7. The summed E-state index contributed by atoms with van der Waals surface area (Å²) in [6, 6.07) is 3.81. The van der Waals surface area contributed by atoms with Crippen LogP contribution in [0.15, 0.2) is 23.4 Å². The van der Waals surface area contributed by atoms with Gasteiger partial charge in [-0.15, -0.1) is 11.3 Å². The van der Waals surface area contributed by atoms with E-state index in [4.69, 9.17) is 17.0 Å². The molecular weight excluding hydrogens is 280 g/mol. The summed E-state index contributed by atoms with van der Waals surface area (Å²) < 4.78 is 5.13. The minimum Gasteiger partial charge on any atom is -0.463 e. The molecule has 19 heavy (non-hydrogen) atoms. The standard InChI is InChI=1S/C13H16N2O2S2/c1-4-17-12(16)10-8(3)14-13(18)15-11(10)9-6-5-7(2)19-9/h5-6,11H,4H2,1-3H3,(H2,14,15,18)/t11-/m0/s1. The number of carbonyl (C=O) groups is 1. The molecule has 6 heteroatoms. The summed E-state index contributed by atoms with van der Waals surface area (Å²) in [6.45, 7) is 6.03. The molecule has 0 spiro atoms. The van der Waals surface area contributed by atoms with E-state index >= 15 is 0 Å². The zero-order valence-electron chi connectivity index (χ0n) is 11.1. The highest BCUT2D eigenvalue weighted by Gasteiger charge is 2.31. The molecule has 0 bridgehead atoms. The van der Waals surface area contributed by atoms with Crippen molar-refractivity contribution in [3.8, 4) is 0 Å². The van der Waals surface area contributed by atoms with Crippen LogP contribution in [0.1, 0.15) is 29.6 Å². The molecular formula is C13H16N2O2S2. The Labute approximate surface area is 121 Å². The summed E-state index contributed by atoms with van der Waals surface area (Å²) in [6.07, 6.45) is 0. The number of thiophene rings is 1. The molecule has 0 unspecified atom stereocenters. The van der Waals surface area contributed by atoms with Crippen LogP contribution in [-0.4, -0.2) is 17.7 Å². The van der Waals surface area contributed by atoms with Gasteiger partial charge in [0.15, 0.2) is 5.11 Å². The number of rotatable bonds is 3. The number of thiocarbonyl (C=S) groups is 1. The molecule has 4 nitrogen and oxygen atoms in total. The van der Waals surface area contributed by atoms with Crippen molar-refractivity contribution in [2.75, 3.05) is 6.61 Å². The zero-order chi connectivity index (χ0) is 14.0. The van der Waals surface area contributed by atoms with E-state index in [-0.39, 0.29) is 12.0 Å². The normalized spacial score (nSPS) is 18.9. The minimum atomic E-state index is -0.307. The van der Waals surface area contributed by atoms with E-state index in [0.29, 0.717) is 17.3 Å². The lowest BCUT2D eigenvalue weighted by Gasteiger charge is -2.28. The smallest absolute Gasteiger partial charge is 0.338 e. The molecule has 1 aliphatic rings. The molecule has 0 aromatic carbocycles. The third-order valence-electron chi connectivity index (χ3n) is 2.81. The fraction of sp³-hybridized carbons (Fsp3) is 0.385. The predicted molar refractivity (Wildman–Crippen MR) is 80.0 cm³/mol. The fourth-order valence-electron chi connectivity index (χ4n) is 2.00. The van der Waals surface area contributed by atoms with Crippen LogP contribution in [0, 0.1) is 6.92 Å². The van der Waals surface area contributed by atoms with Crippen molar-refractivity contribution in [1.29, 1.82) is 0 Å². The Bertz CT molecular complexity index is 549. The molecule has 2 rings (SSSR count). The van der Waals surface area contributed by atoms with Crippen LogP contribution in [0.4, 0.5) is 0 Å². The number of aryl methyl sites for hydroxylation is 1. The van der Waals surface area contributed by atoms with Gasteiger partial charge >= 0.3 is 5.97 Å². The van der Waals surface area contributed by atoms with Gasteiger partial charge in [-0.2, -0.15) is 0 Å². The average molecular weight is 296 g/mol. The molecule has 0 radical (unpaired) electrons. The third kappa shape index (κ3) is 2.96. The van der Waals surface area contributed by atoms with Gasteiger partial charge in [0.25, 0.3) is 0 Å². The van der Waals surface area contributed by atoms with E-state index in [2.05, 4.69) is 10.6 Å². The van der Waals surface area contributed by atoms with Crippen molar-refractivity contribution in [1.82, 2.24) is 10.6 Å². The second kappa shape index (κ2) is 5.71. The molecule has 0 aliphatic carbocycles. The first-order valence-corrected chi connectivity index (χ1v) is 7.27. The van der Waals surface area contributed by atoms with Crippen LogP contribution in [-0.2, 0) is 9.53 Å². The molecule has 2 N–H and O–H groups in total. The molecule has 1 aliphatic heterocycles. The van der Waals surface area contributed by atoms with Crippen molar-refractivity contribution in [3.63, 3.8) is 0 Å². The summed E-state index contributed by atoms with van der Waals surface area (Å²) >= 11 is 6.81. The first kappa shape index (κ1) is 14.0. The van der Waals surface area contributed by atoms with Crippen molar-refractivity contribution in [3.05, 3.63) is 33.2 Å². The summed E-state index contributed by atoms with van der Waals surface area (Å²) in [4.78, 5) is 14.4. The molecule has 1 atom stereocenters. The Morgan fingerprint density at radius 3 is 2.79 bits per heavy atom. The van der Waals surface area contributed by atoms with Crippen molar-refractivity contribution >= 4 is 34.6 Å². The largest absolute Gasteiger partial charge is 0.463 e. The Hall–Kier alpha value is -1.40. The molecule has 1 aromatic heterocycles. The minimum absolute atomic E-state index is 0.230. The molecule has 0 saturated carbocycles. The van der Waals surface area contributed by atoms with Crippen molar-refractivity contribution < 1.29 is 9.53 Å². The number of hydrogen-bond acceptors (Lipinski definition) is 4. The van der Waals surface area contributed by atoms with Gasteiger partial charge in [-0.25, -0.2) is 4.79 Å². The predicted octanol–water partition coefficient (Wildman–Crippen LogP) is 2.41. The number of carbonyl (C=O) groups excluding carboxylic acids is 1. The van der Waals surface area contributed by atoms with Gasteiger partial charge in [0.2, 0.25) is 0 Å². The summed E-state index contributed by atoms with van der Waals surface area (Å²) in [7, 11) is 0. The second-order valence-electron chi connectivity index (χ2n) is 4.24. The van der Waals surface area contributed by atoms with Crippen LogP contribution < -0.4 is 10.6 Å². The highest BCUT2D eigenvalue weighted by atomic mass is 32.1. The van der Waals surface area contributed by atoms with Gasteiger partial charge in [-0.05, 0) is 45.1 Å². The second-order valence-corrected chi connectivity index (χ2v) is 5.97. The highest BCUT2D eigenvalue weighted by molar-refractivity contribution is 7.80. The van der Waals surface area contributed by atoms with Crippen LogP contribution in [0.5, 0.6) is 0 Å². The van der Waals surface area contributed by atoms with Crippen LogP contribution in [0.3, 0.4) is 0 Å². The SMILES string of the molecule is CCOC(=O)C1=C(C)NC(=S)N[C@H]1c1ccc(C)s1. The fourth-order valence-corrected chi connectivity index (χ4v) is 3.20. The lowest BCUT2D eigenvalue weighted by atomic mass is 10.0. The number of allylic oxidation sites excluding steroid dienone is 1. The van der Waals surface area contributed by atoms with E-state index in [9.17, 15) is 4.79 Å². The molecule has 102 valence electrons. The molecule has 0 fully saturated rings. The van der Waals surface area contributed by atoms with E-state index < -0.39 is 0 Å². The Kier molecular flexibility index (Phi) is 4.21. The first-order chi connectivity index (χ1) is 9.02.